The topological polar surface area (TPSA) is 64.8 Å². The Bertz CT molecular complexity index is 447. The van der Waals surface area contributed by atoms with Crippen molar-refractivity contribution in [2.24, 2.45) is 5.73 Å². The van der Waals surface area contributed by atoms with Gasteiger partial charge < -0.3 is 15.2 Å². The minimum absolute atomic E-state index is 0.0838. The van der Waals surface area contributed by atoms with E-state index in [9.17, 15) is 4.79 Å². The number of carbonyl (C=O) groups is 1. The number of hydrogen-bond donors (Lipinski definition) is 1. The summed E-state index contributed by atoms with van der Waals surface area (Å²) in [7, 11) is 3.07. The van der Waals surface area contributed by atoms with E-state index in [-0.39, 0.29) is 12.0 Å². The van der Waals surface area contributed by atoms with Crippen LogP contribution < -0.4 is 10.5 Å². The highest BCUT2D eigenvalue weighted by Gasteiger charge is 2.27. The number of benzene rings is 1. The quantitative estimate of drug-likeness (QED) is 0.832. The van der Waals surface area contributed by atoms with Crippen LogP contribution in [0.15, 0.2) is 24.3 Å². The molecule has 5 heteroatoms. The molecule has 1 fully saturated rings. The van der Waals surface area contributed by atoms with E-state index in [1.807, 2.05) is 12.1 Å². The largest absolute Gasteiger partial charge is 0.497 e. The van der Waals surface area contributed by atoms with Gasteiger partial charge in [-0.15, -0.1) is 0 Å². The fraction of sp³-hybridized carbons (Fsp3) is 0.533. The zero-order chi connectivity index (χ0) is 14.5. The molecule has 0 aliphatic carbocycles. The Morgan fingerprint density at radius 3 is 2.60 bits per heavy atom. The van der Waals surface area contributed by atoms with E-state index in [1.165, 1.54) is 12.7 Å². The van der Waals surface area contributed by atoms with Crippen LogP contribution in [-0.2, 0) is 9.53 Å². The summed E-state index contributed by atoms with van der Waals surface area (Å²) in [5, 5.41) is 0. The molecule has 1 saturated heterocycles. The number of nitrogens with two attached hydrogens (primary N) is 1. The van der Waals surface area contributed by atoms with Crippen LogP contribution >= 0.6 is 0 Å². The molecule has 0 radical (unpaired) electrons. The van der Waals surface area contributed by atoms with E-state index >= 15 is 0 Å². The van der Waals surface area contributed by atoms with Crippen LogP contribution in [-0.4, -0.2) is 50.8 Å². The van der Waals surface area contributed by atoms with E-state index < -0.39 is 0 Å². The molecular formula is C15H22N2O3. The molecule has 0 saturated carbocycles. The van der Waals surface area contributed by atoms with Crippen LogP contribution in [0.1, 0.15) is 17.9 Å². The number of esters is 1. The van der Waals surface area contributed by atoms with E-state index in [1.54, 1.807) is 7.11 Å². The van der Waals surface area contributed by atoms with Crippen molar-refractivity contribution in [2.45, 2.75) is 18.4 Å². The molecule has 5 nitrogen and oxygen atoms in total. The molecule has 2 unspecified atom stereocenters. The van der Waals surface area contributed by atoms with Crippen molar-refractivity contribution in [3.8, 4) is 5.75 Å². The van der Waals surface area contributed by atoms with Gasteiger partial charge in [0.05, 0.1) is 20.8 Å². The first kappa shape index (κ1) is 14.8. The second-order valence-corrected chi connectivity index (χ2v) is 5.24. The number of likely N-dealkylation sites (tertiary alicyclic amines) is 1. The van der Waals surface area contributed by atoms with Gasteiger partial charge in [-0.25, -0.2) is 0 Å². The van der Waals surface area contributed by atoms with Gasteiger partial charge in [-0.2, -0.15) is 0 Å². The lowest BCUT2D eigenvalue weighted by atomic mass is 9.88. The van der Waals surface area contributed by atoms with Gasteiger partial charge in [0, 0.05) is 19.1 Å². The van der Waals surface area contributed by atoms with E-state index in [0.717, 1.165) is 25.3 Å². The number of nitrogens with zero attached hydrogens (tertiary/aromatic N) is 1. The fourth-order valence-electron chi connectivity index (χ4n) is 2.73. The molecule has 20 heavy (non-hydrogen) atoms. The minimum atomic E-state index is -0.215. The van der Waals surface area contributed by atoms with Gasteiger partial charge in [-0.1, -0.05) is 12.1 Å². The zero-order valence-corrected chi connectivity index (χ0v) is 12.0. The van der Waals surface area contributed by atoms with Crippen molar-refractivity contribution in [1.29, 1.82) is 0 Å². The van der Waals surface area contributed by atoms with Gasteiger partial charge in [0.1, 0.15) is 5.75 Å². The monoisotopic (exact) mass is 278 g/mol. The van der Waals surface area contributed by atoms with Crippen LogP contribution in [0, 0.1) is 0 Å². The van der Waals surface area contributed by atoms with Crippen molar-refractivity contribution >= 4 is 5.97 Å². The molecule has 0 amide bonds. The molecule has 1 aromatic rings. The van der Waals surface area contributed by atoms with Crippen LogP contribution in [0.25, 0.3) is 0 Å². The second kappa shape index (κ2) is 6.72. The third kappa shape index (κ3) is 3.71. The third-order valence-electron chi connectivity index (χ3n) is 3.73. The number of ether oxygens (including phenoxy) is 2. The molecule has 0 spiro atoms. The lowest BCUT2D eigenvalue weighted by molar-refractivity contribution is -0.142. The Hall–Kier alpha value is -1.59. The maximum absolute atomic E-state index is 11.4. The second-order valence-electron chi connectivity index (χ2n) is 5.24. The molecular weight excluding hydrogens is 256 g/mol. The summed E-state index contributed by atoms with van der Waals surface area (Å²) in [5.74, 6) is 0.974. The van der Waals surface area contributed by atoms with Crippen molar-refractivity contribution in [3.05, 3.63) is 29.8 Å². The summed E-state index contributed by atoms with van der Waals surface area (Å²) in [6.07, 6.45) is 0.935. The molecule has 110 valence electrons. The Morgan fingerprint density at radius 1 is 1.30 bits per heavy atom. The van der Waals surface area contributed by atoms with Gasteiger partial charge in [0.2, 0.25) is 0 Å². The van der Waals surface area contributed by atoms with Gasteiger partial charge in [-0.05, 0) is 30.0 Å². The normalized spacial score (nSPS) is 23.4. The summed E-state index contributed by atoms with van der Waals surface area (Å²) >= 11 is 0. The lowest BCUT2D eigenvalue weighted by Crippen LogP contribution is -2.48. The van der Waals surface area contributed by atoms with Crippen molar-refractivity contribution in [1.82, 2.24) is 4.90 Å². The summed E-state index contributed by atoms with van der Waals surface area (Å²) in [5.41, 5.74) is 7.34. The smallest absolute Gasteiger partial charge is 0.319 e. The fourth-order valence-corrected chi connectivity index (χ4v) is 2.73. The number of hydrogen-bond acceptors (Lipinski definition) is 5. The first-order valence-electron chi connectivity index (χ1n) is 6.81. The van der Waals surface area contributed by atoms with Crippen molar-refractivity contribution in [3.63, 3.8) is 0 Å². The molecule has 1 aromatic carbocycles. The van der Waals surface area contributed by atoms with E-state index in [0.29, 0.717) is 12.5 Å². The van der Waals surface area contributed by atoms with Crippen molar-refractivity contribution in [2.75, 3.05) is 33.9 Å². The number of rotatable bonds is 4. The maximum atomic E-state index is 11.4. The predicted molar refractivity (Wildman–Crippen MR) is 76.8 cm³/mol. The average Bonchev–Trinajstić information content (AvgIpc) is 2.46. The predicted octanol–water partition coefficient (Wildman–Crippen LogP) is 0.985. The van der Waals surface area contributed by atoms with Crippen molar-refractivity contribution < 1.29 is 14.3 Å². The van der Waals surface area contributed by atoms with Gasteiger partial charge in [0.25, 0.3) is 0 Å². The van der Waals surface area contributed by atoms with Gasteiger partial charge in [-0.3, -0.25) is 9.69 Å². The summed E-state index contributed by atoms with van der Waals surface area (Å²) in [4.78, 5) is 13.5. The summed E-state index contributed by atoms with van der Waals surface area (Å²) in [6.45, 7) is 1.87. The molecule has 2 atom stereocenters. The highest BCUT2D eigenvalue weighted by Crippen LogP contribution is 2.27. The first-order valence-corrected chi connectivity index (χ1v) is 6.81. The molecule has 1 aliphatic heterocycles. The van der Waals surface area contributed by atoms with Crippen LogP contribution in [0.5, 0.6) is 5.75 Å². The van der Waals surface area contributed by atoms with Gasteiger partial charge >= 0.3 is 5.97 Å². The highest BCUT2D eigenvalue weighted by atomic mass is 16.5. The molecule has 1 heterocycles. The Balaban J connectivity index is 2.04. The highest BCUT2D eigenvalue weighted by molar-refractivity contribution is 5.71. The Morgan fingerprint density at radius 2 is 2.00 bits per heavy atom. The molecule has 2 rings (SSSR count). The average molecular weight is 278 g/mol. The molecule has 0 bridgehead atoms. The minimum Gasteiger partial charge on any atom is -0.497 e. The summed E-state index contributed by atoms with van der Waals surface area (Å²) < 4.78 is 9.89. The van der Waals surface area contributed by atoms with Crippen LogP contribution in [0.3, 0.4) is 0 Å². The maximum Gasteiger partial charge on any atom is 0.319 e. The standard InChI is InChI=1S/C15H22N2O3/c1-19-14-5-3-11(4-6-14)12-7-13(16)9-17(8-12)10-15(18)20-2/h3-6,12-13H,7-10,16H2,1-2H3. The van der Waals surface area contributed by atoms with Crippen LogP contribution in [0.4, 0.5) is 0 Å². The molecule has 2 N–H and O–H groups in total. The number of methoxy groups -OCH3 is 2. The Labute approximate surface area is 119 Å². The van der Waals surface area contributed by atoms with Gasteiger partial charge in [0.15, 0.2) is 0 Å². The molecule has 0 aromatic heterocycles. The molecule has 1 aliphatic rings. The zero-order valence-electron chi connectivity index (χ0n) is 12.0. The third-order valence-corrected chi connectivity index (χ3v) is 3.73. The first-order chi connectivity index (χ1) is 9.62. The lowest BCUT2D eigenvalue weighted by Gasteiger charge is -2.35. The van der Waals surface area contributed by atoms with Crippen LogP contribution in [0.2, 0.25) is 0 Å². The van der Waals surface area contributed by atoms with E-state index in [2.05, 4.69) is 17.0 Å². The van der Waals surface area contributed by atoms with E-state index in [4.69, 9.17) is 15.2 Å². The summed E-state index contributed by atoms with van der Waals surface area (Å²) in [6, 6.07) is 8.14. The number of piperidine rings is 1. The Kier molecular flexibility index (Phi) is 4.98. The number of carbonyl (C=O) groups excluding carboxylic acids is 1. The SMILES string of the molecule is COC(=O)CN1CC(N)CC(c2ccc(OC)cc2)C1.